The third-order valence-corrected chi connectivity index (χ3v) is 6.94. The Morgan fingerprint density at radius 1 is 1.09 bits per heavy atom. The fourth-order valence-electron chi connectivity index (χ4n) is 4.02. The van der Waals surface area contributed by atoms with Gasteiger partial charge in [0.25, 0.3) is 5.91 Å². The molecule has 5 rings (SSSR count). The van der Waals surface area contributed by atoms with E-state index >= 15 is 0 Å². The summed E-state index contributed by atoms with van der Waals surface area (Å²) in [5, 5.41) is 12.7. The van der Waals surface area contributed by atoms with E-state index in [1.165, 1.54) is 17.0 Å². The lowest BCUT2D eigenvalue weighted by atomic mass is 9.95. The molecule has 0 atom stereocenters. The number of carboxylic acids is 1. The fourth-order valence-corrected chi connectivity index (χ4v) is 5.25. The number of thiophene rings is 1. The summed E-state index contributed by atoms with van der Waals surface area (Å²) in [5.74, 6) is 0.732. The molecule has 0 fully saturated rings. The van der Waals surface area contributed by atoms with Crippen molar-refractivity contribution in [2.45, 2.75) is 32.2 Å². The molecule has 0 saturated carbocycles. The summed E-state index contributed by atoms with van der Waals surface area (Å²) in [6.07, 6.45) is 7.23. The number of carbonyl (C=O) groups excluding carboxylic acids is 1. The molecule has 0 aliphatic heterocycles. The van der Waals surface area contributed by atoms with E-state index in [4.69, 9.17) is 13.9 Å². The van der Waals surface area contributed by atoms with Gasteiger partial charge in [0, 0.05) is 10.4 Å². The van der Waals surface area contributed by atoms with Crippen molar-refractivity contribution in [1.82, 2.24) is 5.32 Å². The highest BCUT2D eigenvalue weighted by atomic mass is 32.1. The lowest BCUT2D eigenvalue weighted by Crippen LogP contribution is -2.23. The van der Waals surface area contributed by atoms with E-state index < -0.39 is 5.97 Å². The molecule has 0 radical (unpaired) electrons. The van der Waals surface area contributed by atoms with E-state index in [0.29, 0.717) is 34.4 Å². The van der Waals surface area contributed by atoms with Gasteiger partial charge in [0.1, 0.15) is 22.3 Å². The predicted molar refractivity (Wildman–Crippen MR) is 129 cm³/mol. The van der Waals surface area contributed by atoms with E-state index in [2.05, 4.69) is 10.3 Å². The molecule has 1 aromatic carbocycles. The Morgan fingerprint density at radius 3 is 2.68 bits per heavy atom. The monoisotopic (exact) mass is 474 g/mol. The zero-order valence-electron chi connectivity index (χ0n) is 18.2. The van der Waals surface area contributed by atoms with Crippen LogP contribution in [-0.4, -0.2) is 23.2 Å². The third-order valence-electron chi connectivity index (χ3n) is 5.74. The van der Waals surface area contributed by atoms with Crippen molar-refractivity contribution < 1.29 is 23.5 Å². The van der Waals surface area contributed by atoms with E-state index in [1.807, 2.05) is 12.1 Å². The van der Waals surface area contributed by atoms with Crippen LogP contribution >= 0.6 is 11.3 Å². The zero-order valence-corrected chi connectivity index (χ0v) is 19.1. The number of aliphatic imine (C=N–C) groups is 1. The molecule has 34 heavy (non-hydrogen) atoms. The molecule has 0 spiro atoms. The van der Waals surface area contributed by atoms with Crippen molar-refractivity contribution in [3.05, 3.63) is 87.9 Å². The van der Waals surface area contributed by atoms with Crippen molar-refractivity contribution >= 4 is 34.4 Å². The first-order valence-corrected chi connectivity index (χ1v) is 11.8. The topological polar surface area (TPSA) is 105 Å². The van der Waals surface area contributed by atoms with Crippen molar-refractivity contribution in [2.75, 3.05) is 0 Å². The second kappa shape index (κ2) is 9.52. The molecule has 0 unspecified atom stereocenters. The molecule has 172 valence electrons. The van der Waals surface area contributed by atoms with Crippen LogP contribution in [0.4, 0.5) is 5.00 Å². The lowest BCUT2D eigenvalue weighted by molar-refractivity contribution is 0.0696. The average Bonchev–Trinajstić information content (AvgIpc) is 3.61. The fraction of sp³-hybridized carbons (Fsp3) is 0.192. The standard InChI is InChI=1S/C26H22N2O5S/c29-24(27-14-18-4-3-13-32-18)23-20-5-1-2-6-22(20)34-25(23)28-15-19-11-12-21(33-19)16-7-9-17(10-8-16)26(30)31/h3-4,7-13,15H,1-2,5-6,14H2,(H,27,29)(H,30,31)/b28-15-. The highest BCUT2D eigenvalue weighted by Gasteiger charge is 2.25. The number of benzene rings is 1. The molecular formula is C26H22N2O5S. The number of aryl methyl sites for hydroxylation is 1. The van der Waals surface area contributed by atoms with Gasteiger partial charge in [-0.2, -0.15) is 0 Å². The SMILES string of the molecule is O=C(O)c1ccc(-c2ccc(/C=N\c3sc4c(c3C(=O)NCc3ccco3)CCCC4)o2)cc1. The van der Waals surface area contributed by atoms with Crippen LogP contribution in [0.15, 0.2) is 68.6 Å². The summed E-state index contributed by atoms with van der Waals surface area (Å²) < 4.78 is 11.2. The first kappa shape index (κ1) is 21.9. The summed E-state index contributed by atoms with van der Waals surface area (Å²) in [5.41, 5.74) is 2.73. The second-order valence-corrected chi connectivity index (χ2v) is 9.08. The summed E-state index contributed by atoms with van der Waals surface area (Å²) in [4.78, 5) is 30.0. The van der Waals surface area contributed by atoms with Crippen LogP contribution in [0.1, 0.15) is 55.5 Å². The van der Waals surface area contributed by atoms with E-state index in [9.17, 15) is 9.59 Å². The number of amides is 1. The van der Waals surface area contributed by atoms with E-state index in [0.717, 1.165) is 36.8 Å². The highest BCUT2D eigenvalue weighted by molar-refractivity contribution is 7.16. The van der Waals surface area contributed by atoms with Gasteiger partial charge in [0.15, 0.2) is 0 Å². The molecule has 2 N–H and O–H groups in total. The Balaban J connectivity index is 1.37. The molecule has 1 aliphatic carbocycles. The number of hydrogen-bond acceptors (Lipinski definition) is 6. The molecule has 0 saturated heterocycles. The van der Waals surface area contributed by atoms with Gasteiger partial charge in [0.05, 0.1) is 30.1 Å². The lowest BCUT2D eigenvalue weighted by Gasteiger charge is -2.12. The minimum Gasteiger partial charge on any atom is -0.478 e. The van der Waals surface area contributed by atoms with Gasteiger partial charge in [-0.3, -0.25) is 4.79 Å². The minimum absolute atomic E-state index is 0.151. The maximum absolute atomic E-state index is 13.1. The van der Waals surface area contributed by atoms with Gasteiger partial charge >= 0.3 is 5.97 Å². The molecule has 1 aliphatic rings. The van der Waals surface area contributed by atoms with Crippen molar-refractivity contribution in [3.8, 4) is 11.3 Å². The number of carbonyl (C=O) groups is 2. The molecule has 3 aromatic heterocycles. The van der Waals surface area contributed by atoms with Gasteiger partial charge < -0.3 is 19.3 Å². The zero-order chi connectivity index (χ0) is 23.5. The largest absolute Gasteiger partial charge is 0.478 e. The summed E-state index contributed by atoms with van der Waals surface area (Å²) in [6.45, 7) is 0.321. The van der Waals surface area contributed by atoms with Gasteiger partial charge in [0.2, 0.25) is 0 Å². The normalized spacial score (nSPS) is 13.2. The van der Waals surface area contributed by atoms with Gasteiger partial charge in [-0.25, -0.2) is 9.79 Å². The van der Waals surface area contributed by atoms with Crippen molar-refractivity contribution in [2.24, 2.45) is 4.99 Å². The Kier molecular flexibility index (Phi) is 6.14. The Labute approximate surface area is 199 Å². The number of furan rings is 2. The summed E-state index contributed by atoms with van der Waals surface area (Å²) in [6, 6.07) is 13.7. The number of nitrogens with one attached hydrogen (secondary N) is 1. The summed E-state index contributed by atoms with van der Waals surface area (Å²) >= 11 is 1.56. The van der Waals surface area contributed by atoms with Crippen LogP contribution in [-0.2, 0) is 19.4 Å². The van der Waals surface area contributed by atoms with Crippen LogP contribution in [0.25, 0.3) is 11.3 Å². The molecule has 0 bridgehead atoms. The Hall–Kier alpha value is -3.91. The quantitative estimate of drug-likeness (QED) is 0.327. The first-order chi connectivity index (χ1) is 16.6. The highest BCUT2D eigenvalue weighted by Crippen LogP contribution is 2.40. The first-order valence-electron chi connectivity index (χ1n) is 11.0. The average molecular weight is 475 g/mol. The summed E-state index contributed by atoms with van der Waals surface area (Å²) in [7, 11) is 0. The van der Waals surface area contributed by atoms with Crippen LogP contribution in [0, 0.1) is 0 Å². The minimum atomic E-state index is -0.971. The van der Waals surface area contributed by atoms with E-state index in [-0.39, 0.29) is 11.5 Å². The molecule has 8 heteroatoms. The predicted octanol–water partition coefficient (Wildman–Crippen LogP) is 5.86. The smallest absolute Gasteiger partial charge is 0.335 e. The van der Waals surface area contributed by atoms with E-state index in [1.54, 1.807) is 48.1 Å². The van der Waals surface area contributed by atoms with Crippen LogP contribution in [0.5, 0.6) is 0 Å². The van der Waals surface area contributed by atoms with Gasteiger partial charge in [-0.15, -0.1) is 11.3 Å². The number of rotatable bonds is 7. The van der Waals surface area contributed by atoms with Crippen molar-refractivity contribution in [3.63, 3.8) is 0 Å². The van der Waals surface area contributed by atoms with Gasteiger partial charge in [-0.05, 0) is 67.6 Å². The van der Waals surface area contributed by atoms with Crippen LogP contribution in [0.3, 0.4) is 0 Å². The number of hydrogen-bond donors (Lipinski definition) is 2. The number of nitrogens with zero attached hydrogens (tertiary/aromatic N) is 1. The van der Waals surface area contributed by atoms with Crippen LogP contribution < -0.4 is 5.32 Å². The molecular weight excluding hydrogens is 452 g/mol. The number of fused-ring (bicyclic) bond motifs is 1. The molecule has 4 aromatic rings. The maximum atomic E-state index is 13.1. The number of aromatic carboxylic acids is 1. The second-order valence-electron chi connectivity index (χ2n) is 8.00. The molecule has 3 heterocycles. The maximum Gasteiger partial charge on any atom is 0.335 e. The Bertz CT molecular complexity index is 1350. The molecule has 1 amide bonds. The van der Waals surface area contributed by atoms with Crippen molar-refractivity contribution in [1.29, 1.82) is 0 Å². The van der Waals surface area contributed by atoms with Crippen LogP contribution in [0.2, 0.25) is 0 Å². The number of carboxylic acid groups (broad SMARTS) is 1. The Morgan fingerprint density at radius 2 is 1.91 bits per heavy atom. The molecule has 7 nitrogen and oxygen atoms in total. The van der Waals surface area contributed by atoms with Gasteiger partial charge in [-0.1, -0.05) is 12.1 Å². The third kappa shape index (κ3) is 4.58.